The molecule has 0 unspecified atom stereocenters. The highest BCUT2D eigenvalue weighted by Crippen LogP contribution is 2.03. The molecular formula is C5H11Cl2N. The van der Waals surface area contributed by atoms with Crippen LogP contribution in [0.25, 0.3) is 0 Å². The first kappa shape index (κ1) is 8.54. The smallest absolute Gasteiger partial charge is 0.0458 e. The van der Waals surface area contributed by atoms with Crippen molar-refractivity contribution in [2.24, 2.45) is 5.73 Å². The Labute approximate surface area is 60.1 Å². The molecule has 0 saturated carbocycles. The molecule has 0 heterocycles. The Hall–Kier alpha value is 0.540. The van der Waals surface area contributed by atoms with Crippen molar-refractivity contribution in [3.8, 4) is 0 Å². The molecule has 1 nitrogen and oxygen atoms in total. The minimum absolute atomic E-state index is 0.119. The second-order valence-electron chi connectivity index (χ2n) is 1.66. The minimum atomic E-state index is 0.119. The number of rotatable bonds is 4. The Morgan fingerprint density at radius 2 is 2.12 bits per heavy atom. The lowest BCUT2D eigenvalue weighted by atomic mass is 10.2. The lowest BCUT2D eigenvalue weighted by Gasteiger charge is -2.01. The lowest BCUT2D eigenvalue weighted by molar-refractivity contribution is 0.739. The van der Waals surface area contributed by atoms with Crippen LogP contribution in [0, 0.1) is 0 Å². The molecule has 50 valence electrons. The lowest BCUT2D eigenvalue weighted by Crippen LogP contribution is -2.13. The van der Waals surface area contributed by atoms with Crippen molar-refractivity contribution >= 4 is 23.2 Å². The molecule has 2 N–H and O–H groups in total. The van der Waals surface area contributed by atoms with Gasteiger partial charge in [0.1, 0.15) is 0 Å². The average Bonchev–Trinajstić information content (AvgIpc) is 1.83. The standard InChI is InChI=1S/C5H11Cl2N/c6-3-1-2-5(7)4-8/h5H,1-4,8H2/t5-/m0/s1. The summed E-state index contributed by atoms with van der Waals surface area (Å²) in [6.45, 7) is 0.554. The third-order valence-corrected chi connectivity index (χ3v) is 1.57. The second-order valence-corrected chi connectivity index (χ2v) is 2.66. The molecular weight excluding hydrogens is 145 g/mol. The minimum Gasteiger partial charge on any atom is -0.329 e. The highest BCUT2D eigenvalue weighted by atomic mass is 35.5. The third kappa shape index (κ3) is 4.69. The molecule has 0 aromatic heterocycles. The summed E-state index contributed by atoms with van der Waals surface area (Å²) in [6, 6.07) is 0. The van der Waals surface area contributed by atoms with Crippen molar-refractivity contribution in [2.45, 2.75) is 18.2 Å². The second kappa shape index (κ2) is 5.67. The molecule has 0 aliphatic carbocycles. The molecule has 1 atom stereocenters. The van der Waals surface area contributed by atoms with E-state index in [-0.39, 0.29) is 5.38 Å². The van der Waals surface area contributed by atoms with Crippen LogP contribution in [0.15, 0.2) is 0 Å². The quantitative estimate of drug-likeness (QED) is 0.614. The number of hydrogen-bond acceptors (Lipinski definition) is 1. The zero-order valence-corrected chi connectivity index (χ0v) is 6.25. The fourth-order valence-electron chi connectivity index (χ4n) is 0.416. The zero-order valence-electron chi connectivity index (χ0n) is 4.74. The number of nitrogens with two attached hydrogens (primary N) is 1. The van der Waals surface area contributed by atoms with E-state index in [1.165, 1.54) is 0 Å². The summed E-state index contributed by atoms with van der Waals surface area (Å²) in [5.74, 6) is 0.684. The van der Waals surface area contributed by atoms with E-state index in [0.29, 0.717) is 12.4 Å². The Morgan fingerprint density at radius 1 is 1.50 bits per heavy atom. The molecule has 0 bridgehead atoms. The van der Waals surface area contributed by atoms with Crippen LogP contribution in [0.4, 0.5) is 0 Å². The summed E-state index contributed by atoms with van der Waals surface area (Å²) in [5, 5.41) is 0.119. The summed E-state index contributed by atoms with van der Waals surface area (Å²) in [7, 11) is 0. The van der Waals surface area contributed by atoms with Crippen LogP contribution in [0.5, 0.6) is 0 Å². The monoisotopic (exact) mass is 155 g/mol. The zero-order chi connectivity index (χ0) is 6.41. The van der Waals surface area contributed by atoms with Gasteiger partial charge in [0.05, 0.1) is 0 Å². The average molecular weight is 156 g/mol. The first-order valence-corrected chi connectivity index (χ1v) is 3.68. The van der Waals surface area contributed by atoms with Crippen LogP contribution in [0.3, 0.4) is 0 Å². The highest BCUT2D eigenvalue weighted by molar-refractivity contribution is 6.21. The predicted octanol–water partition coefficient (Wildman–Crippen LogP) is 1.57. The van der Waals surface area contributed by atoms with Crippen LogP contribution in [-0.4, -0.2) is 17.8 Å². The molecule has 0 amide bonds. The summed E-state index contributed by atoms with van der Waals surface area (Å²) in [5.41, 5.74) is 5.24. The number of alkyl halides is 2. The van der Waals surface area contributed by atoms with E-state index in [1.807, 2.05) is 0 Å². The molecule has 0 saturated heterocycles. The molecule has 0 rings (SSSR count). The first-order chi connectivity index (χ1) is 3.81. The normalized spacial score (nSPS) is 13.9. The molecule has 0 aliphatic rings. The Morgan fingerprint density at radius 3 is 2.50 bits per heavy atom. The molecule has 0 aliphatic heterocycles. The van der Waals surface area contributed by atoms with E-state index in [2.05, 4.69) is 0 Å². The molecule has 0 radical (unpaired) electrons. The Bertz CT molecular complexity index is 49.7. The first-order valence-electron chi connectivity index (χ1n) is 2.71. The van der Waals surface area contributed by atoms with Crippen LogP contribution in [0.2, 0.25) is 0 Å². The van der Waals surface area contributed by atoms with Gasteiger partial charge in [-0.1, -0.05) is 0 Å². The van der Waals surface area contributed by atoms with Crippen LogP contribution in [0.1, 0.15) is 12.8 Å². The van der Waals surface area contributed by atoms with Gasteiger partial charge in [0, 0.05) is 17.8 Å². The van der Waals surface area contributed by atoms with E-state index < -0.39 is 0 Å². The van der Waals surface area contributed by atoms with Gasteiger partial charge in [-0.2, -0.15) is 0 Å². The summed E-state index contributed by atoms with van der Waals surface area (Å²) in [6.07, 6.45) is 1.90. The van der Waals surface area contributed by atoms with Gasteiger partial charge in [-0.25, -0.2) is 0 Å². The van der Waals surface area contributed by atoms with Gasteiger partial charge in [-0.15, -0.1) is 23.2 Å². The number of halogens is 2. The Kier molecular flexibility index (Phi) is 6.06. The van der Waals surface area contributed by atoms with Gasteiger partial charge in [-0.05, 0) is 12.8 Å². The van der Waals surface area contributed by atoms with Crippen molar-refractivity contribution in [3.63, 3.8) is 0 Å². The van der Waals surface area contributed by atoms with Gasteiger partial charge >= 0.3 is 0 Å². The molecule has 8 heavy (non-hydrogen) atoms. The maximum absolute atomic E-state index is 5.66. The van der Waals surface area contributed by atoms with Crippen LogP contribution in [-0.2, 0) is 0 Å². The van der Waals surface area contributed by atoms with Gasteiger partial charge in [0.2, 0.25) is 0 Å². The van der Waals surface area contributed by atoms with Crippen LogP contribution < -0.4 is 5.73 Å². The topological polar surface area (TPSA) is 26.0 Å². The summed E-state index contributed by atoms with van der Waals surface area (Å²) >= 11 is 11.1. The van der Waals surface area contributed by atoms with E-state index in [1.54, 1.807) is 0 Å². The van der Waals surface area contributed by atoms with E-state index in [4.69, 9.17) is 28.9 Å². The number of hydrogen-bond donors (Lipinski definition) is 1. The van der Waals surface area contributed by atoms with E-state index in [0.717, 1.165) is 12.8 Å². The van der Waals surface area contributed by atoms with Gasteiger partial charge in [-0.3, -0.25) is 0 Å². The van der Waals surface area contributed by atoms with E-state index >= 15 is 0 Å². The largest absolute Gasteiger partial charge is 0.329 e. The maximum Gasteiger partial charge on any atom is 0.0458 e. The summed E-state index contributed by atoms with van der Waals surface area (Å²) < 4.78 is 0. The van der Waals surface area contributed by atoms with Gasteiger partial charge in [0.25, 0.3) is 0 Å². The van der Waals surface area contributed by atoms with Crippen molar-refractivity contribution in [1.29, 1.82) is 0 Å². The van der Waals surface area contributed by atoms with Gasteiger partial charge < -0.3 is 5.73 Å². The predicted molar refractivity (Wildman–Crippen MR) is 38.6 cm³/mol. The van der Waals surface area contributed by atoms with E-state index in [9.17, 15) is 0 Å². The summed E-state index contributed by atoms with van der Waals surface area (Å²) in [4.78, 5) is 0. The van der Waals surface area contributed by atoms with Gasteiger partial charge in [0.15, 0.2) is 0 Å². The Balaban J connectivity index is 2.86. The fourth-order valence-corrected chi connectivity index (χ4v) is 0.725. The molecule has 0 aromatic carbocycles. The van der Waals surface area contributed by atoms with Crippen molar-refractivity contribution in [1.82, 2.24) is 0 Å². The molecule has 3 heteroatoms. The molecule has 0 spiro atoms. The fraction of sp³-hybridized carbons (Fsp3) is 1.00. The van der Waals surface area contributed by atoms with Crippen molar-refractivity contribution < 1.29 is 0 Å². The highest BCUT2D eigenvalue weighted by Gasteiger charge is 1.98. The van der Waals surface area contributed by atoms with Crippen molar-refractivity contribution in [2.75, 3.05) is 12.4 Å². The van der Waals surface area contributed by atoms with Crippen LogP contribution >= 0.6 is 23.2 Å². The third-order valence-electron chi connectivity index (χ3n) is 0.907. The SMILES string of the molecule is NC[C@@H](Cl)CCCCl. The molecule has 0 aromatic rings. The van der Waals surface area contributed by atoms with Crippen molar-refractivity contribution in [3.05, 3.63) is 0 Å². The molecule has 0 fully saturated rings. The maximum atomic E-state index is 5.66.